The Morgan fingerprint density at radius 1 is 1.30 bits per heavy atom. The van der Waals surface area contributed by atoms with Crippen LogP contribution in [0.2, 0.25) is 0 Å². The van der Waals surface area contributed by atoms with E-state index in [9.17, 15) is 9.59 Å². The SMILES string of the molecule is CC1CCCCC1NC(=O)C12CCC(=O)N1c1ccccc1S2. The van der Waals surface area contributed by atoms with Gasteiger partial charge in [-0.05, 0) is 37.3 Å². The summed E-state index contributed by atoms with van der Waals surface area (Å²) >= 11 is 1.55. The molecule has 3 unspecified atom stereocenters. The van der Waals surface area contributed by atoms with E-state index in [1.165, 1.54) is 19.3 Å². The van der Waals surface area contributed by atoms with E-state index >= 15 is 0 Å². The van der Waals surface area contributed by atoms with Gasteiger partial charge < -0.3 is 5.32 Å². The first-order chi connectivity index (χ1) is 11.1. The molecule has 1 N–H and O–H groups in total. The van der Waals surface area contributed by atoms with Gasteiger partial charge in [-0.15, -0.1) is 0 Å². The largest absolute Gasteiger partial charge is 0.350 e. The lowest BCUT2D eigenvalue weighted by molar-refractivity contribution is -0.125. The van der Waals surface area contributed by atoms with Crippen LogP contribution in [0.25, 0.3) is 0 Å². The molecule has 1 aromatic carbocycles. The molecule has 23 heavy (non-hydrogen) atoms. The van der Waals surface area contributed by atoms with Crippen molar-refractivity contribution >= 4 is 29.3 Å². The summed E-state index contributed by atoms with van der Waals surface area (Å²) in [7, 11) is 0. The van der Waals surface area contributed by atoms with E-state index in [1.54, 1.807) is 16.7 Å². The van der Waals surface area contributed by atoms with Gasteiger partial charge in [-0.3, -0.25) is 14.5 Å². The molecule has 2 amide bonds. The summed E-state index contributed by atoms with van der Waals surface area (Å²) < 4.78 is 0. The van der Waals surface area contributed by atoms with Gasteiger partial charge in [-0.2, -0.15) is 0 Å². The molecule has 0 spiro atoms. The Kier molecular flexibility index (Phi) is 3.63. The summed E-state index contributed by atoms with van der Waals surface area (Å²) in [6.45, 7) is 2.22. The van der Waals surface area contributed by atoms with Crippen LogP contribution in [0.3, 0.4) is 0 Å². The number of hydrogen-bond donors (Lipinski definition) is 1. The van der Waals surface area contributed by atoms with Gasteiger partial charge in [-0.1, -0.05) is 43.7 Å². The topological polar surface area (TPSA) is 49.4 Å². The van der Waals surface area contributed by atoms with E-state index in [-0.39, 0.29) is 17.9 Å². The molecule has 2 aliphatic heterocycles. The highest BCUT2D eigenvalue weighted by Crippen LogP contribution is 2.55. The number of fused-ring (bicyclic) bond motifs is 3. The summed E-state index contributed by atoms with van der Waals surface area (Å²) in [6, 6.07) is 8.09. The van der Waals surface area contributed by atoms with Gasteiger partial charge in [-0.25, -0.2) is 0 Å². The number of nitrogens with zero attached hydrogens (tertiary/aromatic N) is 1. The Bertz CT molecular complexity index is 662. The molecule has 3 aliphatic rings. The minimum atomic E-state index is -0.766. The molecule has 122 valence electrons. The second kappa shape index (κ2) is 5.55. The van der Waals surface area contributed by atoms with E-state index < -0.39 is 4.87 Å². The quantitative estimate of drug-likeness (QED) is 0.905. The Morgan fingerprint density at radius 2 is 2.09 bits per heavy atom. The fourth-order valence-electron chi connectivity index (χ4n) is 4.11. The Hall–Kier alpha value is -1.49. The van der Waals surface area contributed by atoms with Gasteiger partial charge in [0, 0.05) is 17.4 Å². The molecule has 2 fully saturated rings. The average Bonchev–Trinajstić information content (AvgIpc) is 3.06. The summed E-state index contributed by atoms with van der Waals surface area (Å²) in [4.78, 5) is 27.6. The van der Waals surface area contributed by atoms with Gasteiger partial charge in [0.05, 0.1) is 5.69 Å². The number of thioether (sulfide) groups is 1. The van der Waals surface area contributed by atoms with Crippen LogP contribution in [0, 0.1) is 5.92 Å². The van der Waals surface area contributed by atoms with Crippen molar-refractivity contribution < 1.29 is 9.59 Å². The zero-order chi connectivity index (χ0) is 16.0. The molecule has 3 atom stereocenters. The predicted molar refractivity (Wildman–Crippen MR) is 91.3 cm³/mol. The number of carbonyl (C=O) groups excluding carboxylic acids is 2. The highest BCUT2D eigenvalue weighted by atomic mass is 32.2. The smallest absolute Gasteiger partial charge is 0.257 e. The maximum atomic E-state index is 13.2. The second-order valence-corrected chi connectivity index (χ2v) is 8.24. The van der Waals surface area contributed by atoms with E-state index in [1.807, 2.05) is 24.3 Å². The Morgan fingerprint density at radius 3 is 2.91 bits per heavy atom. The lowest BCUT2D eigenvalue weighted by Crippen LogP contribution is -2.56. The van der Waals surface area contributed by atoms with Gasteiger partial charge in [0.25, 0.3) is 5.91 Å². The number of amides is 2. The monoisotopic (exact) mass is 330 g/mol. The third kappa shape index (κ3) is 2.28. The van der Waals surface area contributed by atoms with Crippen molar-refractivity contribution in [2.75, 3.05) is 4.90 Å². The van der Waals surface area contributed by atoms with Crippen molar-refractivity contribution in [3.05, 3.63) is 24.3 Å². The van der Waals surface area contributed by atoms with E-state index in [4.69, 9.17) is 0 Å². The first-order valence-corrected chi connectivity index (χ1v) is 9.35. The third-order valence-electron chi connectivity index (χ3n) is 5.46. The molecule has 4 rings (SSSR count). The van der Waals surface area contributed by atoms with E-state index in [0.29, 0.717) is 18.8 Å². The van der Waals surface area contributed by atoms with Crippen LogP contribution in [-0.2, 0) is 9.59 Å². The Balaban J connectivity index is 1.62. The molecule has 0 aromatic heterocycles. The van der Waals surface area contributed by atoms with Crippen molar-refractivity contribution in [2.45, 2.75) is 61.3 Å². The van der Waals surface area contributed by atoms with Crippen LogP contribution >= 0.6 is 11.8 Å². The summed E-state index contributed by atoms with van der Waals surface area (Å²) in [5.74, 6) is 0.598. The lowest BCUT2D eigenvalue weighted by Gasteiger charge is -2.35. The summed E-state index contributed by atoms with van der Waals surface area (Å²) in [5.41, 5.74) is 0.895. The first kappa shape index (κ1) is 15.1. The minimum absolute atomic E-state index is 0.0169. The van der Waals surface area contributed by atoms with Crippen molar-refractivity contribution in [3.8, 4) is 0 Å². The maximum absolute atomic E-state index is 13.2. The van der Waals surface area contributed by atoms with E-state index in [0.717, 1.165) is 17.0 Å². The normalized spacial score (nSPS) is 32.6. The third-order valence-corrected chi connectivity index (χ3v) is 6.93. The molecular weight excluding hydrogens is 308 g/mol. The number of carbonyl (C=O) groups is 2. The lowest BCUT2D eigenvalue weighted by atomic mass is 9.86. The molecule has 1 aromatic rings. The first-order valence-electron chi connectivity index (χ1n) is 8.54. The van der Waals surface area contributed by atoms with Gasteiger partial charge >= 0.3 is 0 Å². The van der Waals surface area contributed by atoms with Crippen LogP contribution in [-0.4, -0.2) is 22.7 Å². The molecule has 1 saturated carbocycles. The van der Waals surface area contributed by atoms with Gasteiger partial charge in [0.2, 0.25) is 5.91 Å². The predicted octanol–water partition coefficient (Wildman–Crippen LogP) is 3.31. The molecule has 2 heterocycles. The van der Waals surface area contributed by atoms with Crippen molar-refractivity contribution in [1.29, 1.82) is 0 Å². The zero-order valence-electron chi connectivity index (χ0n) is 13.4. The second-order valence-electron chi connectivity index (χ2n) is 6.93. The number of benzene rings is 1. The van der Waals surface area contributed by atoms with E-state index in [2.05, 4.69) is 12.2 Å². The summed E-state index contributed by atoms with van der Waals surface area (Å²) in [6.07, 6.45) is 5.71. The molecule has 0 bridgehead atoms. The molecular formula is C18H22N2O2S. The van der Waals surface area contributed by atoms with Crippen LogP contribution in [0.4, 0.5) is 5.69 Å². The highest BCUT2D eigenvalue weighted by Gasteiger charge is 2.57. The molecule has 5 heteroatoms. The van der Waals surface area contributed by atoms with Crippen LogP contribution in [0.5, 0.6) is 0 Å². The standard InChI is InChI=1S/C18H22N2O2S/c1-12-6-2-3-7-13(12)19-17(22)18-11-10-16(21)20(18)14-8-4-5-9-15(14)23-18/h4-5,8-9,12-13H,2-3,6-7,10-11H2,1H3,(H,19,22). The fourth-order valence-corrected chi connectivity index (χ4v) is 5.53. The number of para-hydroxylation sites is 1. The van der Waals surface area contributed by atoms with Crippen molar-refractivity contribution in [1.82, 2.24) is 5.32 Å². The van der Waals surface area contributed by atoms with Crippen LogP contribution in [0.1, 0.15) is 45.4 Å². The molecule has 1 aliphatic carbocycles. The zero-order valence-corrected chi connectivity index (χ0v) is 14.2. The van der Waals surface area contributed by atoms with Crippen molar-refractivity contribution in [2.24, 2.45) is 5.92 Å². The molecule has 0 radical (unpaired) electrons. The average molecular weight is 330 g/mol. The maximum Gasteiger partial charge on any atom is 0.257 e. The van der Waals surface area contributed by atoms with Crippen LogP contribution < -0.4 is 10.2 Å². The number of nitrogens with one attached hydrogen (secondary N) is 1. The molecule has 4 nitrogen and oxygen atoms in total. The number of rotatable bonds is 2. The van der Waals surface area contributed by atoms with Crippen molar-refractivity contribution in [3.63, 3.8) is 0 Å². The Labute approximate surface area is 141 Å². The highest BCUT2D eigenvalue weighted by molar-refractivity contribution is 8.02. The fraction of sp³-hybridized carbons (Fsp3) is 0.556. The van der Waals surface area contributed by atoms with Crippen LogP contribution in [0.15, 0.2) is 29.2 Å². The molecule has 1 saturated heterocycles. The van der Waals surface area contributed by atoms with Gasteiger partial charge in [0.15, 0.2) is 4.87 Å². The number of hydrogen-bond acceptors (Lipinski definition) is 3. The summed E-state index contributed by atoms with van der Waals surface area (Å²) in [5, 5.41) is 3.27. The number of anilines is 1. The van der Waals surface area contributed by atoms with Gasteiger partial charge in [0.1, 0.15) is 0 Å². The minimum Gasteiger partial charge on any atom is -0.350 e.